The van der Waals surface area contributed by atoms with E-state index >= 15 is 0 Å². The minimum absolute atomic E-state index is 0.132. The quantitative estimate of drug-likeness (QED) is 0.547. The molecular weight excluding hydrogens is 226 g/mol. The molecule has 1 aliphatic carbocycles. The minimum Gasteiger partial charge on any atom is -0.358 e. The van der Waals surface area contributed by atoms with Crippen LogP contribution >= 0.6 is 0 Å². The lowest BCUT2D eigenvalue weighted by molar-refractivity contribution is -0.125. The Balaban J connectivity index is 1.79. The van der Waals surface area contributed by atoms with Gasteiger partial charge in [-0.05, 0) is 44.2 Å². The molecule has 0 bridgehead atoms. The highest BCUT2D eigenvalue weighted by atomic mass is 16.5. The normalized spacial score (nSPS) is 16.3. The van der Waals surface area contributed by atoms with Gasteiger partial charge in [-0.25, -0.2) is 0 Å². The van der Waals surface area contributed by atoms with E-state index in [2.05, 4.69) is 32.0 Å². The van der Waals surface area contributed by atoms with Crippen molar-refractivity contribution >= 4 is 6.41 Å². The number of carbonyl (C=O) groups excluding carboxylic acids is 1. The summed E-state index contributed by atoms with van der Waals surface area (Å²) >= 11 is 0. The largest absolute Gasteiger partial charge is 0.358 e. The zero-order valence-electron chi connectivity index (χ0n) is 11.1. The average Bonchev–Trinajstić information content (AvgIpc) is 3.17. The van der Waals surface area contributed by atoms with Crippen molar-refractivity contribution in [3.05, 3.63) is 35.4 Å². The topological polar surface area (TPSA) is 29.5 Å². The molecule has 0 N–H and O–H groups in total. The number of aryl methyl sites for hydroxylation is 1. The Labute approximate surface area is 109 Å². The summed E-state index contributed by atoms with van der Waals surface area (Å²) in [6.07, 6.45) is 4.16. The van der Waals surface area contributed by atoms with Gasteiger partial charge in [0.15, 0.2) is 0 Å². The second-order valence-corrected chi connectivity index (χ2v) is 5.09. The Bertz CT molecular complexity index is 401. The van der Waals surface area contributed by atoms with Crippen molar-refractivity contribution in [1.29, 1.82) is 0 Å². The molecule has 0 saturated heterocycles. The van der Waals surface area contributed by atoms with Gasteiger partial charge < -0.3 is 9.64 Å². The number of hydrogen-bond donors (Lipinski definition) is 0. The number of amides is 1. The third-order valence-electron chi connectivity index (χ3n) is 3.43. The molecule has 18 heavy (non-hydrogen) atoms. The second-order valence-electron chi connectivity index (χ2n) is 5.09. The first kappa shape index (κ1) is 13.1. The molecule has 98 valence electrons. The molecule has 3 nitrogen and oxygen atoms in total. The summed E-state index contributed by atoms with van der Waals surface area (Å²) in [5.41, 5.74) is 2.61. The number of ether oxygens (including phenoxy) is 1. The number of rotatable bonds is 7. The average molecular weight is 247 g/mol. The number of benzene rings is 1. The van der Waals surface area contributed by atoms with Gasteiger partial charge in [0.25, 0.3) is 0 Å². The van der Waals surface area contributed by atoms with Crippen LogP contribution in [-0.2, 0) is 16.0 Å². The summed E-state index contributed by atoms with van der Waals surface area (Å²) in [5, 5.41) is 0. The highest BCUT2D eigenvalue weighted by Crippen LogP contribution is 2.25. The van der Waals surface area contributed by atoms with Crippen LogP contribution in [0.3, 0.4) is 0 Å². The van der Waals surface area contributed by atoms with Gasteiger partial charge in [0, 0.05) is 6.04 Å². The highest BCUT2D eigenvalue weighted by molar-refractivity contribution is 5.48. The molecule has 1 aliphatic rings. The van der Waals surface area contributed by atoms with Crippen molar-refractivity contribution in [3.63, 3.8) is 0 Å². The molecule has 1 fully saturated rings. The van der Waals surface area contributed by atoms with Crippen molar-refractivity contribution in [3.8, 4) is 0 Å². The Morgan fingerprint density at radius 1 is 1.44 bits per heavy atom. The molecule has 1 aromatic rings. The van der Waals surface area contributed by atoms with Crippen LogP contribution < -0.4 is 0 Å². The molecule has 1 atom stereocenters. The van der Waals surface area contributed by atoms with Gasteiger partial charge in [0.2, 0.25) is 6.41 Å². The van der Waals surface area contributed by atoms with Crippen LogP contribution in [-0.4, -0.2) is 30.2 Å². The standard InChI is InChI=1S/C15H21NO2/c1-12-5-3-4-6-14(12)9-13(2)18-11-16(10-17)15-7-8-15/h3-6,10,13,15H,7-9,11H2,1-2H3. The van der Waals surface area contributed by atoms with Crippen LogP contribution in [0.5, 0.6) is 0 Å². The van der Waals surface area contributed by atoms with E-state index in [9.17, 15) is 4.79 Å². The lowest BCUT2D eigenvalue weighted by Crippen LogP contribution is -2.30. The zero-order valence-corrected chi connectivity index (χ0v) is 11.1. The number of carbonyl (C=O) groups is 1. The molecule has 1 unspecified atom stereocenters. The van der Waals surface area contributed by atoms with Crippen molar-refractivity contribution in [2.75, 3.05) is 6.73 Å². The third-order valence-corrected chi connectivity index (χ3v) is 3.43. The van der Waals surface area contributed by atoms with E-state index in [1.54, 1.807) is 4.90 Å². The van der Waals surface area contributed by atoms with Crippen molar-refractivity contribution in [1.82, 2.24) is 4.90 Å². The van der Waals surface area contributed by atoms with E-state index in [0.29, 0.717) is 12.8 Å². The SMILES string of the molecule is Cc1ccccc1CC(C)OCN(C=O)C1CC1. The summed E-state index contributed by atoms with van der Waals surface area (Å²) in [6, 6.07) is 8.77. The summed E-state index contributed by atoms with van der Waals surface area (Å²) in [7, 11) is 0. The Hall–Kier alpha value is -1.35. The first-order chi connectivity index (χ1) is 8.70. The van der Waals surface area contributed by atoms with Crippen molar-refractivity contribution in [2.45, 2.75) is 45.3 Å². The second kappa shape index (κ2) is 6.01. The molecule has 0 aromatic heterocycles. The van der Waals surface area contributed by atoms with Gasteiger partial charge in [0.05, 0.1) is 6.10 Å². The molecule has 1 aromatic carbocycles. The Kier molecular flexibility index (Phi) is 4.37. The lowest BCUT2D eigenvalue weighted by Gasteiger charge is -2.20. The number of nitrogens with zero attached hydrogens (tertiary/aromatic N) is 1. The van der Waals surface area contributed by atoms with Gasteiger partial charge in [0.1, 0.15) is 6.73 Å². The van der Waals surface area contributed by atoms with Gasteiger partial charge in [-0.15, -0.1) is 0 Å². The molecule has 1 amide bonds. The third kappa shape index (κ3) is 3.57. The van der Waals surface area contributed by atoms with E-state index in [1.165, 1.54) is 11.1 Å². The Morgan fingerprint density at radius 3 is 2.78 bits per heavy atom. The van der Waals surface area contributed by atoms with Gasteiger partial charge in [-0.3, -0.25) is 4.79 Å². The maximum Gasteiger partial charge on any atom is 0.211 e. The predicted octanol–water partition coefficient (Wildman–Crippen LogP) is 2.52. The molecule has 0 spiro atoms. The fraction of sp³-hybridized carbons (Fsp3) is 0.533. The molecule has 1 saturated carbocycles. The maximum atomic E-state index is 10.9. The molecule has 0 aliphatic heterocycles. The van der Waals surface area contributed by atoms with E-state index < -0.39 is 0 Å². The fourth-order valence-electron chi connectivity index (χ4n) is 2.05. The minimum atomic E-state index is 0.132. The summed E-state index contributed by atoms with van der Waals surface area (Å²) in [6.45, 7) is 4.59. The van der Waals surface area contributed by atoms with Gasteiger partial charge >= 0.3 is 0 Å². The van der Waals surface area contributed by atoms with Crippen molar-refractivity contribution in [2.24, 2.45) is 0 Å². The van der Waals surface area contributed by atoms with Crippen LogP contribution in [0, 0.1) is 6.92 Å². The van der Waals surface area contributed by atoms with Gasteiger partial charge in [-0.1, -0.05) is 24.3 Å². The van der Waals surface area contributed by atoms with Crippen LogP contribution in [0.4, 0.5) is 0 Å². The fourth-order valence-corrected chi connectivity index (χ4v) is 2.05. The van der Waals surface area contributed by atoms with Crippen LogP contribution in [0.1, 0.15) is 30.9 Å². The molecular formula is C15H21NO2. The van der Waals surface area contributed by atoms with E-state index in [-0.39, 0.29) is 6.10 Å². The summed E-state index contributed by atoms with van der Waals surface area (Å²) in [4.78, 5) is 12.6. The summed E-state index contributed by atoms with van der Waals surface area (Å²) in [5.74, 6) is 0. The first-order valence-corrected chi connectivity index (χ1v) is 6.58. The van der Waals surface area contributed by atoms with E-state index in [1.807, 2.05) is 6.07 Å². The van der Waals surface area contributed by atoms with Gasteiger partial charge in [-0.2, -0.15) is 0 Å². The lowest BCUT2D eigenvalue weighted by atomic mass is 10.0. The van der Waals surface area contributed by atoms with Crippen LogP contribution in [0.2, 0.25) is 0 Å². The molecule has 0 radical (unpaired) electrons. The summed E-state index contributed by atoms with van der Waals surface area (Å²) < 4.78 is 5.75. The van der Waals surface area contributed by atoms with Crippen molar-refractivity contribution < 1.29 is 9.53 Å². The molecule has 3 heteroatoms. The smallest absolute Gasteiger partial charge is 0.211 e. The monoisotopic (exact) mass is 247 g/mol. The Morgan fingerprint density at radius 2 is 2.17 bits per heavy atom. The van der Waals surface area contributed by atoms with E-state index in [0.717, 1.165) is 25.7 Å². The number of hydrogen-bond acceptors (Lipinski definition) is 2. The van der Waals surface area contributed by atoms with E-state index in [4.69, 9.17) is 4.74 Å². The predicted molar refractivity (Wildman–Crippen MR) is 71.2 cm³/mol. The maximum absolute atomic E-state index is 10.9. The highest BCUT2D eigenvalue weighted by Gasteiger charge is 2.28. The van der Waals surface area contributed by atoms with Crippen LogP contribution in [0.25, 0.3) is 0 Å². The zero-order chi connectivity index (χ0) is 13.0. The first-order valence-electron chi connectivity index (χ1n) is 6.58. The van der Waals surface area contributed by atoms with Crippen LogP contribution in [0.15, 0.2) is 24.3 Å². The molecule has 0 heterocycles. The molecule has 2 rings (SSSR count).